The first kappa shape index (κ1) is 20.3. The fraction of sp³-hybridized carbons (Fsp3) is 0.529. The van der Waals surface area contributed by atoms with Gasteiger partial charge in [-0.25, -0.2) is 26.8 Å². The summed E-state index contributed by atoms with van der Waals surface area (Å²) in [5.74, 6) is -2.03. The highest BCUT2D eigenvalue weighted by atomic mass is 32.2. The number of nitrogens with zero attached hydrogens (tertiary/aromatic N) is 3. The number of carbonyl (C=O) groups is 2. The third-order valence-electron chi connectivity index (χ3n) is 5.19. The molecule has 0 saturated carbocycles. The lowest BCUT2D eigenvalue weighted by molar-refractivity contribution is 0.109. The summed E-state index contributed by atoms with van der Waals surface area (Å²) < 4.78 is 51.5. The van der Waals surface area contributed by atoms with Crippen LogP contribution in [0, 0.1) is 11.6 Å². The van der Waals surface area contributed by atoms with Gasteiger partial charge < -0.3 is 19.8 Å². The second-order valence-electron chi connectivity index (χ2n) is 7.04. The molecule has 154 valence electrons. The zero-order valence-corrected chi connectivity index (χ0v) is 16.1. The van der Waals surface area contributed by atoms with Crippen LogP contribution in [0.25, 0.3) is 0 Å². The van der Waals surface area contributed by atoms with Crippen LogP contribution in [0.3, 0.4) is 0 Å². The average molecular weight is 417 g/mol. The molecule has 11 heteroatoms. The monoisotopic (exact) mass is 417 g/mol. The summed E-state index contributed by atoms with van der Waals surface area (Å²) in [7, 11) is -3.75. The van der Waals surface area contributed by atoms with E-state index in [1.807, 2.05) is 0 Å². The molecule has 3 rings (SSSR count). The molecular formula is C17H21F2N3O5S. The first-order valence-corrected chi connectivity index (χ1v) is 10.7. The van der Waals surface area contributed by atoms with Crippen LogP contribution in [0.4, 0.5) is 18.4 Å². The molecule has 1 aromatic rings. The average Bonchev–Trinajstić information content (AvgIpc) is 2.97. The van der Waals surface area contributed by atoms with Crippen LogP contribution in [0.1, 0.15) is 18.4 Å². The Morgan fingerprint density at radius 3 is 2.21 bits per heavy atom. The van der Waals surface area contributed by atoms with Gasteiger partial charge in [-0.3, -0.25) is 0 Å². The molecule has 3 amide bonds. The predicted molar refractivity (Wildman–Crippen MR) is 94.6 cm³/mol. The Hall–Kier alpha value is -2.43. The molecular weight excluding hydrogens is 396 g/mol. The molecule has 2 heterocycles. The van der Waals surface area contributed by atoms with Gasteiger partial charge in [-0.05, 0) is 25.0 Å². The van der Waals surface area contributed by atoms with Gasteiger partial charge in [0.2, 0.25) is 0 Å². The maximum Gasteiger partial charge on any atom is 0.407 e. The number of halogens is 2. The highest BCUT2D eigenvalue weighted by Crippen LogP contribution is 2.25. The molecule has 1 N–H and O–H groups in total. The van der Waals surface area contributed by atoms with Gasteiger partial charge in [-0.2, -0.15) is 0 Å². The van der Waals surface area contributed by atoms with Gasteiger partial charge in [0.05, 0.1) is 11.4 Å². The first-order chi connectivity index (χ1) is 13.1. The van der Waals surface area contributed by atoms with Crippen LogP contribution in [0.5, 0.6) is 0 Å². The van der Waals surface area contributed by atoms with E-state index in [4.69, 9.17) is 5.11 Å². The van der Waals surface area contributed by atoms with Gasteiger partial charge in [0.1, 0.15) is 11.6 Å². The molecule has 0 atom stereocenters. The number of hydrogen-bond acceptors (Lipinski definition) is 4. The highest BCUT2D eigenvalue weighted by Gasteiger charge is 2.36. The normalized spacial score (nSPS) is 18.8. The van der Waals surface area contributed by atoms with Crippen molar-refractivity contribution in [2.45, 2.75) is 30.3 Å². The number of amides is 3. The molecule has 2 saturated heterocycles. The smallest absolute Gasteiger partial charge is 0.407 e. The number of piperidine rings is 1. The van der Waals surface area contributed by atoms with Crippen molar-refractivity contribution in [3.63, 3.8) is 0 Å². The Balaban J connectivity index is 1.69. The fourth-order valence-corrected chi connectivity index (χ4v) is 4.23. The topological polar surface area (TPSA) is 98.2 Å². The summed E-state index contributed by atoms with van der Waals surface area (Å²) in [6.45, 7) is 1.04. The molecule has 2 aliphatic heterocycles. The van der Waals surface area contributed by atoms with Crippen molar-refractivity contribution in [2.24, 2.45) is 0 Å². The van der Waals surface area contributed by atoms with E-state index in [1.54, 1.807) is 4.90 Å². The van der Waals surface area contributed by atoms with Crippen LogP contribution < -0.4 is 0 Å². The SMILES string of the molecule is CS(=O)(=O)c1cc(F)c(CN2CCN(C3CCN(C(=O)O)CC3)C2=O)c(F)c1. The Kier molecular flexibility index (Phi) is 5.46. The quantitative estimate of drug-likeness (QED) is 0.805. The molecule has 2 fully saturated rings. The number of urea groups is 1. The molecule has 2 aliphatic rings. The molecule has 0 radical (unpaired) electrons. The van der Waals surface area contributed by atoms with E-state index in [2.05, 4.69) is 0 Å². The van der Waals surface area contributed by atoms with Crippen molar-refractivity contribution in [3.05, 3.63) is 29.3 Å². The lowest BCUT2D eigenvalue weighted by Crippen LogP contribution is -2.47. The second-order valence-corrected chi connectivity index (χ2v) is 9.05. The second kappa shape index (κ2) is 7.53. The number of hydrogen-bond donors (Lipinski definition) is 1. The predicted octanol–water partition coefficient (Wildman–Crippen LogP) is 1.75. The highest BCUT2D eigenvalue weighted by molar-refractivity contribution is 7.90. The number of carboxylic acid groups (broad SMARTS) is 1. The summed E-state index contributed by atoms with van der Waals surface area (Å²) >= 11 is 0. The van der Waals surface area contributed by atoms with Gasteiger partial charge in [0.15, 0.2) is 9.84 Å². The maximum atomic E-state index is 14.3. The Morgan fingerprint density at radius 1 is 1.14 bits per heavy atom. The summed E-state index contributed by atoms with van der Waals surface area (Å²) in [5.41, 5.74) is -0.358. The van der Waals surface area contributed by atoms with Crippen LogP contribution in [-0.4, -0.2) is 78.8 Å². The minimum Gasteiger partial charge on any atom is -0.465 e. The lowest BCUT2D eigenvalue weighted by Gasteiger charge is -2.35. The summed E-state index contributed by atoms with van der Waals surface area (Å²) in [4.78, 5) is 27.4. The Bertz CT molecular complexity index is 877. The van der Waals surface area contributed by atoms with E-state index < -0.39 is 32.5 Å². The maximum absolute atomic E-state index is 14.3. The van der Waals surface area contributed by atoms with Crippen molar-refractivity contribution >= 4 is 22.0 Å². The van der Waals surface area contributed by atoms with Crippen molar-refractivity contribution in [1.82, 2.24) is 14.7 Å². The van der Waals surface area contributed by atoms with E-state index in [0.29, 0.717) is 32.5 Å². The molecule has 0 unspecified atom stereocenters. The van der Waals surface area contributed by atoms with Crippen molar-refractivity contribution in [3.8, 4) is 0 Å². The van der Waals surface area contributed by atoms with E-state index in [0.717, 1.165) is 18.4 Å². The first-order valence-electron chi connectivity index (χ1n) is 8.79. The third kappa shape index (κ3) is 4.03. The minimum absolute atomic E-state index is 0.115. The summed E-state index contributed by atoms with van der Waals surface area (Å²) in [6.07, 6.45) is 0.893. The van der Waals surface area contributed by atoms with Crippen LogP contribution in [0.2, 0.25) is 0 Å². The fourth-order valence-electron chi connectivity index (χ4n) is 3.59. The largest absolute Gasteiger partial charge is 0.465 e. The molecule has 8 nitrogen and oxygen atoms in total. The van der Waals surface area contributed by atoms with Gasteiger partial charge in [-0.15, -0.1) is 0 Å². The number of likely N-dealkylation sites (tertiary alicyclic amines) is 1. The van der Waals surface area contributed by atoms with Crippen LogP contribution in [-0.2, 0) is 16.4 Å². The van der Waals surface area contributed by atoms with Crippen molar-refractivity contribution < 1.29 is 31.9 Å². The van der Waals surface area contributed by atoms with E-state index >= 15 is 0 Å². The zero-order valence-electron chi connectivity index (χ0n) is 15.3. The lowest BCUT2D eigenvalue weighted by atomic mass is 10.0. The Morgan fingerprint density at radius 2 is 1.71 bits per heavy atom. The van der Waals surface area contributed by atoms with E-state index in [1.165, 1.54) is 9.80 Å². The molecule has 1 aromatic carbocycles. The van der Waals surface area contributed by atoms with E-state index in [9.17, 15) is 26.8 Å². The summed E-state index contributed by atoms with van der Waals surface area (Å²) in [5, 5.41) is 9.00. The Labute approximate surface area is 161 Å². The summed E-state index contributed by atoms with van der Waals surface area (Å²) in [6, 6.07) is 1.04. The standard InChI is InChI=1S/C17H21F2N3O5S/c1-28(26,27)12-8-14(18)13(15(19)9-12)10-21-6-7-22(16(21)23)11-2-4-20(5-3-11)17(24)25/h8-9,11H,2-7,10H2,1H3,(H,24,25). The van der Waals surface area contributed by atoms with Gasteiger partial charge in [-0.1, -0.05) is 0 Å². The van der Waals surface area contributed by atoms with Gasteiger partial charge in [0, 0.05) is 44.0 Å². The zero-order chi connectivity index (χ0) is 20.6. The van der Waals surface area contributed by atoms with E-state index in [-0.39, 0.29) is 30.7 Å². The van der Waals surface area contributed by atoms with Crippen LogP contribution in [0.15, 0.2) is 17.0 Å². The molecule has 0 aliphatic carbocycles. The number of benzene rings is 1. The number of carbonyl (C=O) groups excluding carboxylic acids is 1. The molecule has 28 heavy (non-hydrogen) atoms. The van der Waals surface area contributed by atoms with Crippen LogP contribution >= 0.6 is 0 Å². The third-order valence-corrected chi connectivity index (χ3v) is 6.29. The number of sulfone groups is 1. The minimum atomic E-state index is -3.75. The van der Waals surface area contributed by atoms with Gasteiger partial charge >= 0.3 is 12.1 Å². The molecule has 0 aromatic heterocycles. The van der Waals surface area contributed by atoms with Crippen molar-refractivity contribution in [1.29, 1.82) is 0 Å². The van der Waals surface area contributed by atoms with Gasteiger partial charge in [0.25, 0.3) is 0 Å². The number of rotatable bonds is 4. The molecule has 0 spiro atoms. The molecule has 0 bridgehead atoms. The van der Waals surface area contributed by atoms with Crippen molar-refractivity contribution in [2.75, 3.05) is 32.4 Å².